The molecule has 8 nitrogen and oxygen atoms in total. The molecule has 1 aromatic heterocycles. The molecule has 0 fully saturated rings. The molecule has 198 valence electrons. The number of oxazole rings is 1. The van der Waals surface area contributed by atoms with Crippen LogP contribution in [0, 0.1) is 0 Å². The number of amides is 1. The quantitative estimate of drug-likeness (QED) is 0.0875. The fraction of sp³-hybridized carbons (Fsp3) is 0.346. The zero-order valence-corrected chi connectivity index (χ0v) is 24.6. The van der Waals surface area contributed by atoms with Gasteiger partial charge in [0.1, 0.15) is 0 Å². The van der Waals surface area contributed by atoms with E-state index in [-0.39, 0.29) is 25.5 Å². The van der Waals surface area contributed by atoms with Crippen molar-refractivity contribution < 1.29 is 28.2 Å². The van der Waals surface area contributed by atoms with Crippen LogP contribution in [0.1, 0.15) is 41.4 Å². The fourth-order valence-corrected chi connectivity index (χ4v) is 13.7. The number of nitrogens with one attached hydrogen (secondary N) is 1. The van der Waals surface area contributed by atoms with Gasteiger partial charge in [-0.05, 0) is 0 Å². The van der Waals surface area contributed by atoms with E-state index in [0.29, 0.717) is 41.0 Å². The maximum absolute atomic E-state index is 13.5. The molecular formula is C26H28ClIN2O6S. The topological polar surface area (TPSA) is 99.9 Å². The molecule has 0 radical (unpaired) electrons. The van der Waals surface area contributed by atoms with E-state index in [2.05, 4.69) is 17.2 Å². The van der Waals surface area contributed by atoms with Gasteiger partial charge in [-0.3, -0.25) is 0 Å². The molecule has 0 aliphatic carbocycles. The molecule has 2 aromatic carbocycles. The first-order chi connectivity index (χ1) is 17.8. The summed E-state index contributed by atoms with van der Waals surface area (Å²) in [5.74, 6) is 2.13. The molecule has 0 unspecified atom stereocenters. The Morgan fingerprint density at radius 3 is 2.76 bits per heavy atom. The number of alkyl halides is 1. The number of halogens is 2. The van der Waals surface area contributed by atoms with Crippen molar-refractivity contribution in [2.24, 2.45) is 0 Å². The molecule has 11 heteroatoms. The Kier molecular flexibility index (Phi) is 9.25. The number of esters is 1. The van der Waals surface area contributed by atoms with Gasteiger partial charge in [-0.1, -0.05) is 0 Å². The minimum absolute atomic E-state index is 0.0326. The van der Waals surface area contributed by atoms with Crippen LogP contribution in [0.3, 0.4) is 0 Å². The minimum atomic E-state index is -2.42. The number of rotatable bonds is 9. The molecule has 3 aromatic rings. The number of carbonyl (C=O) groups excluding carboxylic acids is 2. The van der Waals surface area contributed by atoms with Crippen molar-refractivity contribution in [3.05, 3.63) is 70.4 Å². The third-order valence-corrected chi connectivity index (χ3v) is 16.7. The van der Waals surface area contributed by atoms with Gasteiger partial charge in [0.15, 0.2) is 0 Å². The van der Waals surface area contributed by atoms with Gasteiger partial charge in [0.25, 0.3) is 0 Å². The number of carbonyl (C=O) groups is 2. The number of methoxy groups -OCH3 is 3. The molecule has 0 saturated heterocycles. The maximum atomic E-state index is 13.5. The van der Waals surface area contributed by atoms with Crippen molar-refractivity contribution in [1.82, 2.24) is 4.98 Å². The average molecular weight is 659 g/mol. The molecule has 2 heterocycles. The number of aromatic nitrogens is 1. The van der Waals surface area contributed by atoms with Gasteiger partial charge in [0, 0.05) is 0 Å². The van der Waals surface area contributed by atoms with Gasteiger partial charge < -0.3 is 0 Å². The van der Waals surface area contributed by atoms with Gasteiger partial charge in [-0.25, -0.2) is 0 Å². The molecule has 0 spiro atoms. The van der Waals surface area contributed by atoms with E-state index in [1.165, 1.54) is 7.11 Å². The zero-order chi connectivity index (χ0) is 26.5. The van der Waals surface area contributed by atoms with Crippen molar-refractivity contribution in [3.8, 4) is 11.5 Å². The van der Waals surface area contributed by atoms with Crippen LogP contribution in [-0.2, 0) is 22.4 Å². The average Bonchev–Trinajstić information content (AvgIpc) is 3.29. The van der Waals surface area contributed by atoms with E-state index in [4.69, 9.17) is 30.2 Å². The summed E-state index contributed by atoms with van der Waals surface area (Å²) in [6.45, 7) is 2.07. The number of anilines is 1. The van der Waals surface area contributed by atoms with Crippen LogP contribution in [0.15, 0.2) is 47.0 Å². The summed E-state index contributed by atoms with van der Waals surface area (Å²) in [6, 6.07) is 11.3. The molecule has 1 amide bonds. The number of benzene rings is 2. The summed E-state index contributed by atoms with van der Waals surface area (Å²) in [5.41, 5.74) is 2.58. The molecular weight excluding hydrogens is 631 g/mol. The Bertz CT molecular complexity index is 1290. The van der Waals surface area contributed by atoms with Gasteiger partial charge in [-0.15, -0.1) is 0 Å². The first kappa shape index (κ1) is 27.6. The molecule has 1 N–H and O–H groups in total. The van der Waals surface area contributed by atoms with Crippen LogP contribution in [0.2, 0.25) is 5.02 Å². The van der Waals surface area contributed by atoms with E-state index in [1.54, 1.807) is 35.4 Å². The summed E-state index contributed by atoms with van der Waals surface area (Å²) >= 11 is 3.98. The normalized spacial score (nSPS) is 16.8. The molecule has 37 heavy (non-hydrogen) atoms. The number of aryl methyl sites for hydroxylation is 1. The number of hydrogen-bond donors (Lipinski definition) is 1. The Morgan fingerprint density at radius 1 is 1.22 bits per heavy atom. The molecule has 4 rings (SSSR count). The molecule has 0 saturated carbocycles. The van der Waals surface area contributed by atoms with Crippen LogP contribution in [0.4, 0.5) is 10.5 Å². The van der Waals surface area contributed by atoms with E-state index in [9.17, 15) is 9.59 Å². The standard InChI is InChI=1S/C26H28ClIN2O6S/c1-15(12-22-29-14-17(36-22)9-11-23(31)34-3)28-26(32)30-20-10-8-16(27)13-19(20)25(37-28)18-6-5-7-21(33-2)24(18)35-4/h5-8,10,13-15,25H,9,11-12H2,1-4H3,(H,30,32)/t15-,25+/m0/s1. The summed E-state index contributed by atoms with van der Waals surface area (Å²) in [5, 5.41) is 3.56. The third kappa shape index (κ3) is 6.35. The van der Waals surface area contributed by atoms with Crippen LogP contribution in [-0.4, -0.2) is 40.1 Å². The zero-order valence-electron chi connectivity index (χ0n) is 20.9. The number of fused-ring (bicyclic) bond motifs is 1. The first-order valence-corrected chi connectivity index (χ1v) is 17.6. The van der Waals surface area contributed by atoms with Crippen LogP contribution >= 0.6 is 39.0 Å². The van der Waals surface area contributed by atoms with Gasteiger partial charge in [0.2, 0.25) is 0 Å². The Balaban J connectivity index is 1.64. The van der Waals surface area contributed by atoms with E-state index in [0.717, 1.165) is 16.8 Å². The second-order valence-electron chi connectivity index (χ2n) is 8.24. The predicted octanol–water partition coefficient (Wildman–Crippen LogP) is 6.87. The Morgan fingerprint density at radius 2 is 2.03 bits per heavy atom. The Hall–Kier alpha value is -2.44. The fourth-order valence-electron chi connectivity index (χ4n) is 3.99. The van der Waals surface area contributed by atoms with E-state index < -0.39 is 18.4 Å². The monoisotopic (exact) mass is 658 g/mol. The number of hydrogen-bond acceptors (Lipinski definition) is 8. The van der Waals surface area contributed by atoms with Crippen molar-refractivity contribution in [2.75, 3.05) is 26.6 Å². The third-order valence-electron chi connectivity index (χ3n) is 5.80. The number of ether oxygens (including phenoxy) is 3. The van der Waals surface area contributed by atoms with E-state index in [1.807, 2.05) is 30.3 Å². The van der Waals surface area contributed by atoms with Gasteiger partial charge in [-0.2, -0.15) is 0 Å². The van der Waals surface area contributed by atoms with Gasteiger partial charge >= 0.3 is 232 Å². The first-order valence-electron chi connectivity index (χ1n) is 11.5. The predicted molar refractivity (Wildman–Crippen MR) is 153 cm³/mol. The molecule has 2 atom stereocenters. The SMILES string of the molecule is COC(=O)CCc1cnc(C[C@H](C)I2S[C@H](c3cccc(OC)c3OC)c3cc(Cl)ccc3NC2=O)o1. The number of nitrogens with zero attached hydrogens (tertiary/aromatic N) is 1. The summed E-state index contributed by atoms with van der Waals surface area (Å²) in [6.07, 6.45) is 2.79. The number of para-hydroxylation sites is 1. The molecule has 1 aliphatic heterocycles. The molecule has 0 bridgehead atoms. The van der Waals surface area contributed by atoms with Crippen LogP contribution < -0.4 is 14.8 Å². The van der Waals surface area contributed by atoms with Crippen LogP contribution in [0.5, 0.6) is 11.5 Å². The second kappa shape index (κ2) is 12.4. The summed E-state index contributed by atoms with van der Waals surface area (Å²) in [7, 11) is 6.26. The second-order valence-corrected chi connectivity index (χ2v) is 17.8. The van der Waals surface area contributed by atoms with Crippen molar-refractivity contribution in [2.45, 2.75) is 35.4 Å². The van der Waals surface area contributed by atoms with Crippen molar-refractivity contribution >= 4 is 54.5 Å². The van der Waals surface area contributed by atoms with Crippen LogP contribution in [0.25, 0.3) is 0 Å². The molecule has 1 aliphatic rings. The van der Waals surface area contributed by atoms with Crippen molar-refractivity contribution in [1.29, 1.82) is 0 Å². The van der Waals surface area contributed by atoms with Crippen molar-refractivity contribution in [3.63, 3.8) is 0 Å². The van der Waals surface area contributed by atoms with E-state index >= 15 is 0 Å². The summed E-state index contributed by atoms with van der Waals surface area (Å²) < 4.78 is 22.0. The Labute approximate surface area is 230 Å². The summed E-state index contributed by atoms with van der Waals surface area (Å²) in [4.78, 5) is 29.3. The van der Waals surface area contributed by atoms with Gasteiger partial charge in [0.05, 0.1) is 0 Å².